The van der Waals surface area contributed by atoms with E-state index in [-0.39, 0.29) is 0 Å². The Labute approximate surface area is 145 Å². The standard InChI is InChI=1S/C15H16ClN3O4S/c1-11-8-12(16)5-6-14(11)19(24(2,21)22)10-15(20)18-17-9-13-4-3-7-23-13/h3-9H,10H2,1-2H3,(H,18,20)/b17-9-. The lowest BCUT2D eigenvalue weighted by Crippen LogP contribution is -2.39. The van der Waals surface area contributed by atoms with Crippen LogP contribution in [-0.2, 0) is 14.8 Å². The summed E-state index contributed by atoms with van der Waals surface area (Å²) < 4.78 is 30.1. The van der Waals surface area contributed by atoms with Gasteiger partial charge < -0.3 is 4.42 Å². The number of aryl methyl sites for hydroxylation is 1. The first-order valence-electron chi connectivity index (χ1n) is 6.86. The number of amides is 1. The van der Waals surface area contributed by atoms with E-state index < -0.39 is 22.5 Å². The number of rotatable bonds is 6. The van der Waals surface area contributed by atoms with Crippen LogP contribution in [0, 0.1) is 6.92 Å². The lowest BCUT2D eigenvalue weighted by atomic mass is 10.2. The Balaban J connectivity index is 2.13. The van der Waals surface area contributed by atoms with E-state index in [4.69, 9.17) is 16.0 Å². The number of hydrogen-bond acceptors (Lipinski definition) is 5. The monoisotopic (exact) mass is 369 g/mol. The number of sulfonamides is 1. The molecule has 128 valence electrons. The van der Waals surface area contributed by atoms with Crippen molar-refractivity contribution in [3.05, 3.63) is 52.9 Å². The predicted octanol–water partition coefficient (Wildman–Crippen LogP) is 2.16. The molecule has 0 aliphatic rings. The molecule has 2 aromatic rings. The molecular formula is C15H16ClN3O4S. The number of halogens is 1. The zero-order valence-corrected chi connectivity index (χ0v) is 14.6. The van der Waals surface area contributed by atoms with Crippen molar-refractivity contribution >= 4 is 39.4 Å². The number of carbonyl (C=O) groups excluding carboxylic acids is 1. The van der Waals surface area contributed by atoms with Gasteiger partial charge in [0.05, 0.1) is 24.4 Å². The van der Waals surface area contributed by atoms with Gasteiger partial charge in [-0.05, 0) is 42.8 Å². The third-order valence-electron chi connectivity index (χ3n) is 3.04. The summed E-state index contributed by atoms with van der Waals surface area (Å²) in [6.45, 7) is 1.31. The second kappa shape index (κ2) is 7.50. The molecule has 9 heteroatoms. The number of benzene rings is 1. The number of hydrazone groups is 1. The molecule has 0 fully saturated rings. The highest BCUT2D eigenvalue weighted by Crippen LogP contribution is 2.25. The van der Waals surface area contributed by atoms with Crippen LogP contribution < -0.4 is 9.73 Å². The lowest BCUT2D eigenvalue weighted by Gasteiger charge is -2.23. The van der Waals surface area contributed by atoms with E-state index >= 15 is 0 Å². The highest BCUT2D eigenvalue weighted by atomic mass is 35.5. The van der Waals surface area contributed by atoms with Crippen LogP contribution in [0.4, 0.5) is 5.69 Å². The highest BCUT2D eigenvalue weighted by Gasteiger charge is 2.22. The molecule has 0 saturated heterocycles. The molecule has 7 nitrogen and oxygen atoms in total. The molecule has 0 unspecified atom stereocenters. The van der Waals surface area contributed by atoms with Gasteiger partial charge >= 0.3 is 0 Å². The first-order chi connectivity index (χ1) is 11.3. The van der Waals surface area contributed by atoms with Gasteiger partial charge in [0.1, 0.15) is 12.3 Å². The molecule has 0 aliphatic carbocycles. The van der Waals surface area contributed by atoms with E-state index in [1.54, 1.807) is 37.3 Å². The third-order valence-corrected chi connectivity index (χ3v) is 4.40. The zero-order chi connectivity index (χ0) is 17.7. The first kappa shape index (κ1) is 18.0. The Morgan fingerprint density at radius 1 is 1.42 bits per heavy atom. The molecule has 1 N–H and O–H groups in total. The minimum Gasteiger partial charge on any atom is -0.463 e. The predicted molar refractivity (Wildman–Crippen MR) is 92.8 cm³/mol. The van der Waals surface area contributed by atoms with Crippen LogP contribution in [0.5, 0.6) is 0 Å². The highest BCUT2D eigenvalue weighted by molar-refractivity contribution is 7.92. The van der Waals surface area contributed by atoms with Crippen molar-refractivity contribution in [2.45, 2.75) is 6.92 Å². The summed E-state index contributed by atoms with van der Waals surface area (Å²) in [4.78, 5) is 12.0. The quantitative estimate of drug-likeness (QED) is 0.623. The summed E-state index contributed by atoms with van der Waals surface area (Å²) in [5.74, 6) is -0.124. The summed E-state index contributed by atoms with van der Waals surface area (Å²) >= 11 is 5.88. The largest absolute Gasteiger partial charge is 0.463 e. The van der Waals surface area contributed by atoms with Crippen molar-refractivity contribution < 1.29 is 17.6 Å². The van der Waals surface area contributed by atoms with Gasteiger partial charge in [0.25, 0.3) is 5.91 Å². The molecule has 2 rings (SSSR count). The van der Waals surface area contributed by atoms with Crippen molar-refractivity contribution in [3.8, 4) is 0 Å². The van der Waals surface area contributed by atoms with Gasteiger partial charge in [-0.1, -0.05) is 11.6 Å². The Morgan fingerprint density at radius 2 is 2.17 bits per heavy atom. The van der Waals surface area contributed by atoms with E-state index in [9.17, 15) is 13.2 Å². The molecule has 0 bridgehead atoms. The van der Waals surface area contributed by atoms with Gasteiger partial charge in [0, 0.05) is 5.02 Å². The van der Waals surface area contributed by atoms with Crippen LogP contribution in [0.15, 0.2) is 46.1 Å². The normalized spacial score (nSPS) is 11.6. The fraction of sp³-hybridized carbons (Fsp3) is 0.200. The SMILES string of the molecule is Cc1cc(Cl)ccc1N(CC(=O)N/N=C\c1ccco1)S(C)(=O)=O. The third kappa shape index (κ3) is 4.84. The molecule has 0 atom stereocenters. The number of nitrogens with one attached hydrogen (secondary N) is 1. The van der Waals surface area contributed by atoms with Crippen LogP contribution in [0.2, 0.25) is 5.02 Å². The maximum absolute atomic E-state index is 12.0. The summed E-state index contributed by atoms with van der Waals surface area (Å²) in [7, 11) is -3.66. The Bertz CT molecular complexity index is 848. The van der Waals surface area contributed by atoms with Gasteiger partial charge in [-0.2, -0.15) is 5.10 Å². The molecule has 0 aliphatic heterocycles. The molecule has 0 spiro atoms. The summed E-state index contributed by atoms with van der Waals surface area (Å²) in [6.07, 6.45) is 3.81. The number of nitrogens with zero attached hydrogens (tertiary/aromatic N) is 2. The van der Waals surface area contributed by atoms with Crippen LogP contribution in [0.3, 0.4) is 0 Å². The van der Waals surface area contributed by atoms with Crippen molar-refractivity contribution in [1.82, 2.24) is 5.43 Å². The van der Waals surface area contributed by atoms with Crippen molar-refractivity contribution in [3.63, 3.8) is 0 Å². The van der Waals surface area contributed by atoms with E-state index in [0.717, 1.165) is 10.6 Å². The van der Waals surface area contributed by atoms with E-state index in [0.29, 0.717) is 22.0 Å². The smallest absolute Gasteiger partial charge is 0.260 e. The van der Waals surface area contributed by atoms with Crippen molar-refractivity contribution in [1.29, 1.82) is 0 Å². The van der Waals surface area contributed by atoms with Crippen LogP contribution >= 0.6 is 11.6 Å². The maximum Gasteiger partial charge on any atom is 0.260 e. The van der Waals surface area contributed by atoms with Gasteiger partial charge in [-0.3, -0.25) is 9.10 Å². The minimum atomic E-state index is -3.66. The number of carbonyl (C=O) groups is 1. The molecule has 1 aromatic heterocycles. The summed E-state index contributed by atoms with van der Waals surface area (Å²) in [5, 5.41) is 4.20. The van der Waals surface area contributed by atoms with Gasteiger partial charge in [-0.15, -0.1) is 0 Å². The van der Waals surface area contributed by atoms with E-state index in [1.807, 2.05) is 0 Å². The summed E-state index contributed by atoms with van der Waals surface area (Å²) in [6, 6.07) is 8.09. The molecule has 1 amide bonds. The average molecular weight is 370 g/mol. The van der Waals surface area contributed by atoms with Gasteiger partial charge in [-0.25, -0.2) is 13.8 Å². The van der Waals surface area contributed by atoms with Gasteiger partial charge in [0.2, 0.25) is 10.0 Å². The van der Waals surface area contributed by atoms with Crippen LogP contribution in [0.1, 0.15) is 11.3 Å². The zero-order valence-electron chi connectivity index (χ0n) is 13.1. The number of hydrogen-bond donors (Lipinski definition) is 1. The molecule has 1 heterocycles. The Hall–Kier alpha value is -2.32. The maximum atomic E-state index is 12.0. The van der Waals surface area contributed by atoms with E-state index in [1.165, 1.54) is 12.5 Å². The second-order valence-electron chi connectivity index (χ2n) is 5.01. The van der Waals surface area contributed by atoms with Gasteiger partial charge in [0.15, 0.2) is 0 Å². The van der Waals surface area contributed by atoms with Crippen LogP contribution in [0.25, 0.3) is 0 Å². The van der Waals surface area contributed by atoms with Crippen molar-refractivity contribution in [2.75, 3.05) is 17.1 Å². The topological polar surface area (TPSA) is 92.0 Å². The lowest BCUT2D eigenvalue weighted by molar-refractivity contribution is -0.119. The number of anilines is 1. The molecular weight excluding hydrogens is 354 g/mol. The molecule has 24 heavy (non-hydrogen) atoms. The minimum absolute atomic E-state index is 0.382. The fourth-order valence-electron chi connectivity index (χ4n) is 1.98. The van der Waals surface area contributed by atoms with Crippen LogP contribution in [-0.4, -0.2) is 33.3 Å². The molecule has 0 radical (unpaired) electrons. The first-order valence-corrected chi connectivity index (χ1v) is 9.09. The van der Waals surface area contributed by atoms with E-state index in [2.05, 4.69) is 10.5 Å². The molecule has 0 saturated carbocycles. The average Bonchev–Trinajstić information content (AvgIpc) is 2.98. The number of furan rings is 1. The molecule has 1 aromatic carbocycles. The van der Waals surface area contributed by atoms with Crippen molar-refractivity contribution in [2.24, 2.45) is 5.10 Å². The summed E-state index contributed by atoms with van der Waals surface area (Å²) in [5.41, 5.74) is 3.28. The second-order valence-corrected chi connectivity index (χ2v) is 7.35. The Morgan fingerprint density at radius 3 is 2.75 bits per heavy atom. The fourth-order valence-corrected chi connectivity index (χ4v) is 3.12. The Kier molecular flexibility index (Phi) is 5.63.